The number of likely N-dealkylation sites (tertiary alicyclic amines) is 1. The number of carbonyl (C=O) groups is 1. The first kappa shape index (κ1) is 12.2. The Labute approximate surface area is 104 Å². The molecule has 0 radical (unpaired) electrons. The normalized spacial score (nSPS) is 24.8. The van der Waals surface area contributed by atoms with Gasteiger partial charge in [0.1, 0.15) is 0 Å². The number of hydrogen-bond acceptors (Lipinski definition) is 1. The molecule has 1 aromatic carbocycles. The largest absolute Gasteiger partial charge is 0.338 e. The number of benzene rings is 1. The van der Waals surface area contributed by atoms with Gasteiger partial charge in [0.2, 0.25) is 0 Å². The number of nitrogens with zero attached hydrogens (tertiary/aromatic N) is 1. The molecule has 1 fully saturated rings. The van der Waals surface area contributed by atoms with Crippen LogP contribution in [0.15, 0.2) is 24.3 Å². The van der Waals surface area contributed by atoms with E-state index < -0.39 is 0 Å². The lowest BCUT2D eigenvalue weighted by Gasteiger charge is -2.35. The summed E-state index contributed by atoms with van der Waals surface area (Å²) < 4.78 is 0. The van der Waals surface area contributed by atoms with E-state index in [0.29, 0.717) is 11.8 Å². The molecule has 1 heterocycles. The summed E-state index contributed by atoms with van der Waals surface area (Å²) in [5.74, 6) is 1.42. The highest BCUT2D eigenvalue weighted by Crippen LogP contribution is 2.22. The number of piperidine rings is 1. The average molecular weight is 231 g/mol. The molecule has 92 valence electrons. The maximum Gasteiger partial charge on any atom is 0.253 e. The molecule has 1 aliphatic rings. The zero-order valence-electron chi connectivity index (χ0n) is 10.9. The zero-order valence-corrected chi connectivity index (χ0v) is 10.9. The zero-order chi connectivity index (χ0) is 12.4. The monoisotopic (exact) mass is 231 g/mol. The molecule has 1 amide bonds. The van der Waals surface area contributed by atoms with Crippen LogP contribution in [-0.2, 0) is 0 Å². The van der Waals surface area contributed by atoms with Gasteiger partial charge in [0.05, 0.1) is 0 Å². The number of aryl methyl sites for hydroxylation is 1. The van der Waals surface area contributed by atoms with Gasteiger partial charge in [-0.3, -0.25) is 4.79 Å². The van der Waals surface area contributed by atoms with Gasteiger partial charge in [0.15, 0.2) is 0 Å². The Morgan fingerprint density at radius 3 is 2.47 bits per heavy atom. The predicted molar refractivity (Wildman–Crippen MR) is 70.0 cm³/mol. The van der Waals surface area contributed by atoms with Gasteiger partial charge in [-0.1, -0.05) is 31.5 Å². The van der Waals surface area contributed by atoms with E-state index in [4.69, 9.17) is 0 Å². The highest BCUT2D eigenvalue weighted by molar-refractivity contribution is 5.94. The van der Waals surface area contributed by atoms with Crippen molar-refractivity contribution in [1.29, 1.82) is 0 Å². The third-order valence-electron chi connectivity index (χ3n) is 3.42. The van der Waals surface area contributed by atoms with Gasteiger partial charge in [0.25, 0.3) is 5.91 Å². The van der Waals surface area contributed by atoms with Gasteiger partial charge in [0, 0.05) is 18.7 Å². The van der Waals surface area contributed by atoms with E-state index in [1.54, 1.807) is 0 Å². The topological polar surface area (TPSA) is 20.3 Å². The van der Waals surface area contributed by atoms with Crippen LogP contribution in [0, 0.1) is 18.8 Å². The lowest BCUT2D eigenvalue weighted by atomic mass is 9.91. The molecule has 0 aliphatic carbocycles. The van der Waals surface area contributed by atoms with Crippen LogP contribution < -0.4 is 0 Å². The molecule has 0 unspecified atom stereocenters. The standard InChI is InChI=1S/C15H21NO/c1-11-5-4-6-14(8-11)15(17)16-9-12(2)7-13(3)10-16/h4-6,8,12-13H,7,9-10H2,1-3H3/t12-,13+. The Kier molecular flexibility index (Phi) is 3.51. The molecule has 0 bridgehead atoms. The molecule has 0 saturated carbocycles. The van der Waals surface area contributed by atoms with Crippen molar-refractivity contribution >= 4 is 5.91 Å². The minimum atomic E-state index is 0.187. The minimum absolute atomic E-state index is 0.187. The molecule has 2 heteroatoms. The van der Waals surface area contributed by atoms with Crippen LogP contribution in [0.2, 0.25) is 0 Å². The van der Waals surface area contributed by atoms with E-state index >= 15 is 0 Å². The first-order valence-electron chi connectivity index (χ1n) is 6.42. The van der Waals surface area contributed by atoms with Crippen molar-refractivity contribution in [1.82, 2.24) is 4.90 Å². The molecular formula is C15H21NO. The molecule has 2 nitrogen and oxygen atoms in total. The molecule has 17 heavy (non-hydrogen) atoms. The second-order valence-electron chi connectivity index (χ2n) is 5.53. The van der Waals surface area contributed by atoms with Crippen LogP contribution >= 0.6 is 0 Å². The highest BCUT2D eigenvalue weighted by Gasteiger charge is 2.25. The predicted octanol–water partition coefficient (Wildman–Crippen LogP) is 3.11. The lowest BCUT2D eigenvalue weighted by molar-refractivity contribution is 0.0623. The maximum absolute atomic E-state index is 12.4. The average Bonchev–Trinajstić information content (AvgIpc) is 2.26. The van der Waals surface area contributed by atoms with Crippen molar-refractivity contribution in [3.63, 3.8) is 0 Å². The smallest absolute Gasteiger partial charge is 0.253 e. The third-order valence-corrected chi connectivity index (χ3v) is 3.42. The molecular weight excluding hydrogens is 210 g/mol. The van der Waals surface area contributed by atoms with Crippen molar-refractivity contribution in [2.75, 3.05) is 13.1 Å². The number of carbonyl (C=O) groups excluding carboxylic acids is 1. The molecule has 1 aromatic rings. The summed E-state index contributed by atoms with van der Waals surface area (Å²) in [5.41, 5.74) is 1.97. The van der Waals surface area contributed by atoms with E-state index in [0.717, 1.165) is 24.2 Å². The molecule has 2 rings (SSSR count). The van der Waals surface area contributed by atoms with Gasteiger partial charge in [-0.2, -0.15) is 0 Å². The Balaban J connectivity index is 2.14. The number of rotatable bonds is 1. The summed E-state index contributed by atoms with van der Waals surface area (Å²) in [6.45, 7) is 8.28. The lowest BCUT2D eigenvalue weighted by Crippen LogP contribution is -2.42. The summed E-state index contributed by atoms with van der Waals surface area (Å²) in [6.07, 6.45) is 1.23. The number of amides is 1. The summed E-state index contributed by atoms with van der Waals surface area (Å²) >= 11 is 0. The molecule has 0 spiro atoms. The summed E-state index contributed by atoms with van der Waals surface area (Å²) in [7, 11) is 0. The van der Waals surface area contributed by atoms with Crippen molar-refractivity contribution in [2.45, 2.75) is 27.2 Å². The fourth-order valence-corrected chi connectivity index (χ4v) is 2.79. The Morgan fingerprint density at radius 2 is 1.88 bits per heavy atom. The Morgan fingerprint density at radius 1 is 1.24 bits per heavy atom. The van der Waals surface area contributed by atoms with Gasteiger partial charge in [-0.15, -0.1) is 0 Å². The van der Waals surface area contributed by atoms with E-state index in [2.05, 4.69) is 13.8 Å². The summed E-state index contributed by atoms with van der Waals surface area (Å²) in [6, 6.07) is 7.88. The molecule has 1 aliphatic heterocycles. The maximum atomic E-state index is 12.4. The van der Waals surface area contributed by atoms with Crippen LogP contribution in [0.3, 0.4) is 0 Å². The van der Waals surface area contributed by atoms with Crippen LogP contribution in [0.4, 0.5) is 0 Å². The van der Waals surface area contributed by atoms with Crippen molar-refractivity contribution in [2.24, 2.45) is 11.8 Å². The van der Waals surface area contributed by atoms with Crippen LogP contribution in [-0.4, -0.2) is 23.9 Å². The summed E-state index contributed by atoms with van der Waals surface area (Å²) in [4.78, 5) is 14.4. The van der Waals surface area contributed by atoms with E-state index in [1.807, 2.05) is 36.1 Å². The van der Waals surface area contributed by atoms with Gasteiger partial charge >= 0.3 is 0 Å². The molecule has 0 N–H and O–H groups in total. The van der Waals surface area contributed by atoms with Crippen LogP contribution in [0.1, 0.15) is 36.2 Å². The first-order valence-corrected chi connectivity index (χ1v) is 6.42. The van der Waals surface area contributed by atoms with Crippen molar-refractivity contribution in [3.05, 3.63) is 35.4 Å². The molecule has 0 aromatic heterocycles. The second-order valence-corrected chi connectivity index (χ2v) is 5.53. The highest BCUT2D eigenvalue weighted by atomic mass is 16.2. The molecule has 2 atom stereocenters. The van der Waals surface area contributed by atoms with Gasteiger partial charge < -0.3 is 4.90 Å². The minimum Gasteiger partial charge on any atom is -0.338 e. The molecule has 1 saturated heterocycles. The van der Waals surface area contributed by atoms with Crippen LogP contribution in [0.25, 0.3) is 0 Å². The van der Waals surface area contributed by atoms with Crippen molar-refractivity contribution in [3.8, 4) is 0 Å². The fourth-order valence-electron chi connectivity index (χ4n) is 2.79. The van der Waals surface area contributed by atoms with Crippen LogP contribution in [0.5, 0.6) is 0 Å². The summed E-state index contributed by atoms with van der Waals surface area (Å²) in [5, 5.41) is 0. The third kappa shape index (κ3) is 2.87. The van der Waals surface area contributed by atoms with Crippen molar-refractivity contribution < 1.29 is 4.79 Å². The fraction of sp³-hybridized carbons (Fsp3) is 0.533. The van der Waals surface area contributed by atoms with E-state index in [9.17, 15) is 4.79 Å². The van der Waals surface area contributed by atoms with E-state index in [-0.39, 0.29) is 5.91 Å². The van der Waals surface area contributed by atoms with Gasteiger partial charge in [-0.25, -0.2) is 0 Å². The number of hydrogen-bond donors (Lipinski definition) is 0. The Hall–Kier alpha value is -1.31. The first-order chi connectivity index (χ1) is 8.06. The quantitative estimate of drug-likeness (QED) is 0.727. The van der Waals surface area contributed by atoms with E-state index in [1.165, 1.54) is 6.42 Å². The van der Waals surface area contributed by atoms with Gasteiger partial charge in [-0.05, 0) is 37.3 Å². The second kappa shape index (κ2) is 4.91. The SMILES string of the molecule is Cc1cccc(C(=O)N2C[C@H](C)C[C@H](C)C2)c1. The Bertz CT molecular complexity index is 403.